The van der Waals surface area contributed by atoms with Gasteiger partial charge in [0.25, 0.3) is 0 Å². The third-order valence-corrected chi connectivity index (χ3v) is 4.01. The molecule has 0 bridgehead atoms. The summed E-state index contributed by atoms with van der Waals surface area (Å²) in [5.41, 5.74) is 0. The zero-order valence-electron chi connectivity index (χ0n) is 10.0. The molecule has 5 heteroatoms. The fraction of sp³-hybridized carbons (Fsp3) is 0.909. The van der Waals surface area contributed by atoms with Crippen molar-refractivity contribution < 1.29 is 9.90 Å². The quantitative estimate of drug-likeness (QED) is 0.573. The maximum Gasteiger partial charge on any atom is 0.234 e. The summed E-state index contributed by atoms with van der Waals surface area (Å²) in [5.74, 6) is 0.808. The second-order valence-corrected chi connectivity index (χ2v) is 5.46. The molecule has 0 aromatic heterocycles. The molecule has 0 radical (unpaired) electrons. The van der Waals surface area contributed by atoms with E-state index in [1.165, 1.54) is 12.8 Å². The molecule has 1 aliphatic carbocycles. The number of thioether (sulfide) groups is 1. The topological polar surface area (TPSA) is 61.4 Å². The third-order valence-electron chi connectivity index (χ3n) is 2.84. The van der Waals surface area contributed by atoms with Crippen LogP contribution in [0.2, 0.25) is 0 Å². The molecule has 1 amide bonds. The first kappa shape index (κ1) is 13.8. The van der Waals surface area contributed by atoms with Gasteiger partial charge in [-0.15, -0.1) is 0 Å². The number of hydrogen-bond donors (Lipinski definition) is 3. The molecule has 1 saturated carbocycles. The van der Waals surface area contributed by atoms with Gasteiger partial charge in [-0.2, -0.15) is 11.8 Å². The van der Waals surface area contributed by atoms with Crippen LogP contribution in [0.25, 0.3) is 0 Å². The van der Waals surface area contributed by atoms with Gasteiger partial charge in [0.15, 0.2) is 0 Å². The van der Waals surface area contributed by atoms with Gasteiger partial charge in [-0.1, -0.05) is 0 Å². The lowest BCUT2D eigenvalue weighted by Crippen LogP contribution is -2.45. The first-order valence-corrected chi connectivity index (χ1v) is 7.10. The zero-order valence-corrected chi connectivity index (χ0v) is 10.8. The molecule has 4 nitrogen and oxygen atoms in total. The highest BCUT2D eigenvalue weighted by molar-refractivity contribution is 7.99. The maximum atomic E-state index is 11.5. The van der Waals surface area contributed by atoms with E-state index in [2.05, 4.69) is 10.6 Å². The van der Waals surface area contributed by atoms with Crippen LogP contribution in [0.15, 0.2) is 0 Å². The van der Waals surface area contributed by atoms with Crippen molar-refractivity contribution in [3.63, 3.8) is 0 Å². The van der Waals surface area contributed by atoms with Gasteiger partial charge in [-0.3, -0.25) is 4.79 Å². The van der Waals surface area contributed by atoms with Crippen LogP contribution in [-0.2, 0) is 4.79 Å². The monoisotopic (exact) mass is 246 g/mol. The van der Waals surface area contributed by atoms with E-state index in [-0.39, 0.29) is 23.8 Å². The average Bonchev–Trinajstić information content (AvgIpc) is 3.03. The second kappa shape index (κ2) is 7.14. The first-order valence-electron chi connectivity index (χ1n) is 5.81. The van der Waals surface area contributed by atoms with Crippen molar-refractivity contribution in [2.24, 2.45) is 5.92 Å². The summed E-state index contributed by atoms with van der Waals surface area (Å²) < 4.78 is 0. The Morgan fingerprint density at radius 3 is 2.75 bits per heavy atom. The molecule has 0 heterocycles. The van der Waals surface area contributed by atoms with Crippen molar-refractivity contribution in [3.05, 3.63) is 0 Å². The molecule has 0 saturated heterocycles. The molecule has 0 spiro atoms. The number of carbonyl (C=O) groups is 1. The summed E-state index contributed by atoms with van der Waals surface area (Å²) in [5, 5.41) is 15.2. The highest BCUT2D eigenvalue weighted by atomic mass is 32.2. The van der Waals surface area contributed by atoms with Crippen LogP contribution >= 0.6 is 11.8 Å². The Balaban J connectivity index is 2.10. The zero-order chi connectivity index (χ0) is 12.0. The number of nitrogens with one attached hydrogen (secondary N) is 2. The van der Waals surface area contributed by atoms with Gasteiger partial charge in [0, 0.05) is 11.3 Å². The minimum absolute atomic E-state index is 0.00947. The number of amides is 1. The van der Waals surface area contributed by atoms with Crippen LogP contribution in [0, 0.1) is 5.92 Å². The van der Waals surface area contributed by atoms with E-state index >= 15 is 0 Å². The van der Waals surface area contributed by atoms with E-state index in [4.69, 9.17) is 5.11 Å². The fourth-order valence-electron chi connectivity index (χ4n) is 1.55. The molecule has 3 N–H and O–H groups in total. The first-order chi connectivity index (χ1) is 7.67. The number of carbonyl (C=O) groups excluding carboxylic acids is 1. The van der Waals surface area contributed by atoms with Gasteiger partial charge in [-0.25, -0.2) is 0 Å². The van der Waals surface area contributed by atoms with Crippen molar-refractivity contribution in [2.75, 3.05) is 26.0 Å². The molecule has 1 aliphatic rings. The molecular weight excluding hydrogens is 224 g/mol. The normalized spacial score (nSPS) is 19.2. The molecule has 0 aromatic carbocycles. The Kier molecular flexibility index (Phi) is 6.16. The summed E-state index contributed by atoms with van der Waals surface area (Å²) >= 11 is 1.57. The van der Waals surface area contributed by atoms with Gasteiger partial charge in [0.1, 0.15) is 0 Å². The number of hydrogen-bond acceptors (Lipinski definition) is 4. The number of aliphatic hydroxyl groups excluding tert-OH is 1. The van der Waals surface area contributed by atoms with Crippen molar-refractivity contribution in [2.45, 2.75) is 31.1 Å². The lowest BCUT2D eigenvalue weighted by atomic mass is 10.2. The second-order valence-electron chi connectivity index (χ2n) is 4.39. The lowest BCUT2D eigenvalue weighted by Gasteiger charge is -2.21. The Labute approximate surface area is 102 Å². The summed E-state index contributed by atoms with van der Waals surface area (Å²) in [7, 11) is 0. The molecule has 0 aromatic rings. The Bertz CT molecular complexity index is 218. The Morgan fingerprint density at radius 1 is 1.56 bits per heavy atom. The van der Waals surface area contributed by atoms with Gasteiger partial charge < -0.3 is 15.7 Å². The van der Waals surface area contributed by atoms with E-state index in [0.29, 0.717) is 6.54 Å². The van der Waals surface area contributed by atoms with E-state index < -0.39 is 0 Å². The SMILES string of the molecule is CSC(CO)C(C)NC(=O)CNCC1CC1. The average molecular weight is 246 g/mol. The van der Waals surface area contributed by atoms with Crippen LogP contribution in [0.4, 0.5) is 0 Å². The van der Waals surface area contributed by atoms with E-state index in [1.54, 1.807) is 11.8 Å². The van der Waals surface area contributed by atoms with Crippen LogP contribution in [0.1, 0.15) is 19.8 Å². The van der Waals surface area contributed by atoms with Crippen LogP contribution in [-0.4, -0.2) is 48.3 Å². The summed E-state index contributed by atoms with van der Waals surface area (Å²) in [6.07, 6.45) is 4.53. The minimum Gasteiger partial charge on any atom is -0.395 e. The number of aliphatic hydroxyl groups is 1. The molecule has 1 rings (SSSR count). The number of rotatable bonds is 8. The molecule has 1 fully saturated rings. The molecular formula is C11H22N2O2S. The third kappa shape index (κ3) is 5.18. The molecule has 0 aliphatic heterocycles. The van der Waals surface area contributed by atoms with Crippen LogP contribution < -0.4 is 10.6 Å². The van der Waals surface area contributed by atoms with Crippen LogP contribution in [0.3, 0.4) is 0 Å². The van der Waals surface area contributed by atoms with E-state index in [0.717, 1.165) is 12.5 Å². The predicted molar refractivity (Wildman–Crippen MR) is 67.6 cm³/mol. The van der Waals surface area contributed by atoms with Gasteiger partial charge in [0.05, 0.1) is 13.2 Å². The molecule has 16 heavy (non-hydrogen) atoms. The predicted octanol–water partition coefficient (Wildman–Crippen LogP) is 0.215. The summed E-state index contributed by atoms with van der Waals surface area (Å²) in [6, 6.07) is 0.00947. The van der Waals surface area contributed by atoms with Crippen LogP contribution in [0.5, 0.6) is 0 Å². The molecule has 2 unspecified atom stereocenters. The summed E-state index contributed by atoms with van der Waals surface area (Å²) in [4.78, 5) is 11.5. The Hall–Kier alpha value is -0.260. The fourth-order valence-corrected chi connectivity index (χ4v) is 2.17. The van der Waals surface area contributed by atoms with E-state index in [9.17, 15) is 4.79 Å². The van der Waals surface area contributed by atoms with Gasteiger partial charge in [-0.05, 0) is 38.5 Å². The minimum atomic E-state index is 0.00947. The van der Waals surface area contributed by atoms with Crippen molar-refractivity contribution in [1.29, 1.82) is 0 Å². The highest BCUT2D eigenvalue weighted by Crippen LogP contribution is 2.27. The van der Waals surface area contributed by atoms with Gasteiger partial charge in [0.2, 0.25) is 5.91 Å². The maximum absolute atomic E-state index is 11.5. The van der Waals surface area contributed by atoms with Gasteiger partial charge >= 0.3 is 0 Å². The standard InChI is InChI=1S/C11H22N2O2S/c1-8(10(7-14)16-2)13-11(15)6-12-5-9-3-4-9/h8-10,12,14H,3-7H2,1-2H3,(H,13,15). The highest BCUT2D eigenvalue weighted by Gasteiger charge is 2.21. The van der Waals surface area contributed by atoms with Crippen molar-refractivity contribution in [3.8, 4) is 0 Å². The Morgan fingerprint density at radius 2 is 2.25 bits per heavy atom. The van der Waals surface area contributed by atoms with Crippen molar-refractivity contribution in [1.82, 2.24) is 10.6 Å². The van der Waals surface area contributed by atoms with E-state index in [1.807, 2.05) is 13.2 Å². The summed E-state index contributed by atoms with van der Waals surface area (Å²) in [6.45, 7) is 3.36. The smallest absolute Gasteiger partial charge is 0.234 e. The molecule has 2 atom stereocenters. The lowest BCUT2D eigenvalue weighted by molar-refractivity contribution is -0.120. The molecule has 94 valence electrons. The van der Waals surface area contributed by atoms with Crippen molar-refractivity contribution >= 4 is 17.7 Å². The largest absolute Gasteiger partial charge is 0.395 e.